The quantitative estimate of drug-likeness (QED) is 0.798. The number of amides is 2. The van der Waals surface area contributed by atoms with Gasteiger partial charge in [0.25, 0.3) is 0 Å². The predicted molar refractivity (Wildman–Crippen MR) is 79.4 cm³/mol. The highest BCUT2D eigenvalue weighted by molar-refractivity contribution is 5.83. The molecule has 1 aliphatic heterocycles. The number of nitrogens with zero attached hydrogens (tertiary/aromatic N) is 4. The summed E-state index contributed by atoms with van der Waals surface area (Å²) in [7, 11) is 3.49. The molecule has 0 saturated carbocycles. The van der Waals surface area contributed by atoms with Crippen molar-refractivity contribution in [2.45, 2.75) is 19.5 Å². The van der Waals surface area contributed by atoms with Gasteiger partial charge in [-0.1, -0.05) is 6.07 Å². The Morgan fingerprint density at radius 3 is 2.67 bits per heavy atom. The third-order valence-electron chi connectivity index (χ3n) is 3.75. The van der Waals surface area contributed by atoms with Gasteiger partial charge in [-0.3, -0.25) is 19.5 Å². The molecular formula is C15H22N4O2. The zero-order chi connectivity index (χ0) is 15.4. The lowest BCUT2D eigenvalue weighted by Crippen LogP contribution is -2.59. The molecule has 1 aliphatic rings. The van der Waals surface area contributed by atoms with Crippen LogP contribution < -0.4 is 0 Å². The average molecular weight is 290 g/mol. The summed E-state index contributed by atoms with van der Waals surface area (Å²) in [5.41, 5.74) is 0.935. The second-order valence-electron chi connectivity index (χ2n) is 5.51. The Hall–Kier alpha value is -1.95. The molecule has 0 bridgehead atoms. The lowest BCUT2D eigenvalue weighted by atomic mass is 10.1. The van der Waals surface area contributed by atoms with Crippen molar-refractivity contribution in [1.82, 2.24) is 19.7 Å². The maximum atomic E-state index is 12.4. The second-order valence-corrected chi connectivity index (χ2v) is 5.51. The first-order chi connectivity index (χ1) is 9.99. The maximum absolute atomic E-state index is 12.4. The van der Waals surface area contributed by atoms with E-state index in [2.05, 4.69) is 9.88 Å². The Bertz CT molecular complexity index is 504. The molecule has 6 heteroatoms. The van der Waals surface area contributed by atoms with E-state index in [1.807, 2.05) is 18.2 Å². The van der Waals surface area contributed by atoms with E-state index in [1.165, 1.54) is 0 Å². The normalized spacial score (nSPS) is 19.4. The summed E-state index contributed by atoms with van der Waals surface area (Å²) in [6.45, 7) is 3.95. The zero-order valence-corrected chi connectivity index (χ0v) is 12.8. The van der Waals surface area contributed by atoms with Gasteiger partial charge in [0.05, 0.1) is 5.69 Å². The lowest BCUT2D eigenvalue weighted by molar-refractivity contribution is -0.141. The van der Waals surface area contributed by atoms with E-state index >= 15 is 0 Å². The Labute approximate surface area is 125 Å². The molecule has 1 aromatic rings. The fraction of sp³-hybridized carbons (Fsp3) is 0.533. The van der Waals surface area contributed by atoms with Gasteiger partial charge in [0.15, 0.2) is 0 Å². The van der Waals surface area contributed by atoms with Crippen LogP contribution in [0.4, 0.5) is 0 Å². The number of piperazine rings is 1. The number of carbonyl (C=O) groups is 2. The molecule has 0 N–H and O–H groups in total. The van der Waals surface area contributed by atoms with Crippen molar-refractivity contribution >= 4 is 11.8 Å². The Balaban J connectivity index is 2.14. The van der Waals surface area contributed by atoms with E-state index in [-0.39, 0.29) is 17.9 Å². The highest BCUT2D eigenvalue weighted by Gasteiger charge is 2.34. The minimum atomic E-state index is -0.306. The minimum absolute atomic E-state index is 0.0176. The van der Waals surface area contributed by atoms with Crippen LogP contribution >= 0.6 is 0 Å². The van der Waals surface area contributed by atoms with Crippen LogP contribution in [0, 0.1) is 0 Å². The van der Waals surface area contributed by atoms with E-state index in [0.29, 0.717) is 26.2 Å². The topological polar surface area (TPSA) is 56.8 Å². The highest BCUT2D eigenvalue weighted by atomic mass is 16.2. The van der Waals surface area contributed by atoms with Gasteiger partial charge in [-0.05, 0) is 12.1 Å². The molecule has 114 valence electrons. The fourth-order valence-corrected chi connectivity index (χ4v) is 2.53. The van der Waals surface area contributed by atoms with E-state index in [4.69, 9.17) is 0 Å². The van der Waals surface area contributed by atoms with E-state index in [1.54, 1.807) is 37.0 Å². The van der Waals surface area contributed by atoms with Crippen LogP contribution in [0.1, 0.15) is 12.6 Å². The molecule has 2 rings (SSSR count). The first-order valence-electron chi connectivity index (χ1n) is 7.09. The molecule has 0 spiro atoms. The number of pyridine rings is 1. The molecule has 0 aliphatic carbocycles. The van der Waals surface area contributed by atoms with Gasteiger partial charge in [-0.25, -0.2) is 0 Å². The minimum Gasteiger partial charge on any atom is -0.347 e. The Morgan fingerprint density at radius 1 is 1.33 bits per heavy atom. The van der Waals surface area contributed by atoms with Gasteiger partial charge >= 0.3 is 0 Å². The van der Waals surface area contributed by atoms with Crippen molar-refractivity contribution in [3.8, 4) is 0 Å². The van der Waals surface area contributed by atoms with Crippen molar-refractivity contribution in [2.75, 3.05) is 33.7 Å². The number of carbonyl (C=O) groups excluding carboxylic acids is 2. The monoisotopic (exact) mass is 290 g/mol. The number of likely N-dealkylation sites (N-methyl/N-ethyl adjacent to an activating group) is 1. The van der Waals surface area contributed by atoms with E-state index in [9.17, 15) is 9.59 Å². The maximum Gasteiger partial charge on any atom is 0.241 e. The molecule has 6 nitrogen and oxygen atoms in total. The summed E-state index contributed by atoms with van der Waals surface area (Å²) < 4.78 is 0. The van der Waals surface area contributed by atoms with Crippen molar-refractivity contribution in [3.05, 3.63) is 30.1 Å². The molecule has 1 atom stereocenters. The largest absolute Gasteiger partial charge is 0.347 e. The predicted octanol–water partition coefficient (Wildman–Crippen LogP) is 0.203. The van der Waals surface area contributed by atoms with Gasteiger partial charge in [0, 0.05) is 53.4 Å². The third-order valence-corrected chi connectivity index (χ3v) is 3.75. The molecule has 1 fully saturated rings. The van der Waals surface area contributed by atoms with Crippen molar-refractivity contribution in [3.63, 3.8) is 0 Å². The summed E-state index contributed by atoms with van der Waals surface area (Å²) >= 11 is 0. The van der Waals surface area contributed by atoms with Gasteiger partial charge < -0.3 is 9.80 Å². The number of hydrogen-bond acceptors (Lipinski definition) is 4. The standard InChI is InChI=1S/C15H22N4O2/c1-12(20)18-8-9-19(10-13-6-4-5-7-16-13)14(11-18)15(21)17(2)3/h4-7,14H,8-11H2,1-3H3. The average Bonchev–Trinajstić information content (AvgIpc) is 2.47. The fourth-order valence-electron chi connectivity index (χ4n) is 2.53. The first kappa shape index (κ1) is 15.4. The number of rotatable bonds is 3. The number of hydrogen-bond donors (Lipinski definition) is 0. The van der Waals surface area contributed by atoms with Crippen molar-refractivity contribution < 1.29 is 9.59 Å². The summed E-state index contributed by atoms with van der Waals surface area (Å²) in [5.74, 6) is 0.0425. The Kier molecular flexibility index (Phi) is 4.90. The molecule has 1 aromatic heterocycles. The smallest absolute Gasteiger partial charge is 0.241 e. The molecule has 1 unspecified atom stereocenters. The van der Waals surface area contributed by atoms with Gasteiger partial charge in [0.2, 0.25) is 11.8 Å². The third kappa shape index (κ3) is 3.78. The van der Waals surface area contributed by atoms with Crippen LogP contribution in [0.15, 0.2) is 24.4 Å². The van der Waals surface area contributed by atoms with Gasteiger partial charge in [-0.2, -0.15) is 0 Å². The van der Waals surface area contributed by atoms with Crippen LogP contribution in [-0.2, 0) is 16.1 Å². The van der Waals surface area contributed by atoms with Crippen LogP contribution in [-0.4, -0.2) is 71.3 Å². The van der Waals surface area contributed by atoms with E-state index < -0.39 is 0 Å². The molecule has 2 amide bonds. The molecule has 0 aromatic carbocycles. The second kappa shape index (κ2) is 6.67. The first-order valence-corrected chi connectivity index (χ1v) is 7.09. The van der Waals surface area contributed by atoms with Crippen LogP contribution in [0.5, 0.6) is 0 Å². The highest BCUT2D eigenvalue weighted by Crippen LogP contribution is 2.15. The molecular weight excluding hydrogens is 268 g/mol. The zero-order valence-electron chi connectivity index (χ0n) is 12.8. The summed E-state index contributed by atoms with van der Waals surface area (Å²) in [6, 6.07) is 5.46. The van der Waals surface area contributed by atoms with Gasteiger partial charge in [0.1, 0.15) is 6.04 Å². The molecule has 0 radical (unpaired) electrons. The lowest BCUT2D eigenvalue weighted by Gasteiger charge is -2.40. The number of aromatic nitrogens is 1. The molecule has 2 heterocycles. The SMILES string of the molecule is CC(=O)N1CCN(Cc2ccccn2)C(C(=O)N(C)C)C1. The van der Waals surface area contributed by atoms with Gasteiger partial charge in [-0.15, -0.1) is 0 Å². The van der Waals surface area contributed by atoms with Crippen LogP contribution in [0.3, 0.4) is 0 Å². The summed E-state index contributed by atoms with van der Waals surface area (Å²) in [6.07, 6.45) is 1.75. The summed E-state index contributed by atoms with van der Waals surface area (Å²) in [5, 5.41) is 0. The molecule has 1 saturated heterocycles. The van der Waals surface area contributed by atoms with E-state index in [0.717, 1.165) is 5.69 Å². The molecule has 21 heavy (non-hydrogen) atoms. The summed E-state index contributed by atoms with van der Waals surface area (Å²) in [4.78, 5) is 33.7. The van der Waals surface area contributed by atoms with Crippen LogP contribution in [0.2, 0.25) is 0 Å². The van der Waals surface area contributed by atoms with Crippen molar-refractivity contribution in [1.29, 1.82) is 0 Å². The Morgan fingerprint density at radius 2 is 2.10 bits per heavy atom. The van der Waals surface area contributed by atoms with Crippen LogP contribution in [0.25, 0.3) is 0 Å². The van der Waals surface area contributed by atoms with Crippen molar-refractivity contribution in [2.24, 2.45) is 0 Å².